The van der Waals surface area contributed by atoms with Crippen molar-refractivity contribution in [3.05, 3.63) is 57.2 Å². The minimum atomic E-state index is -1.04. The number of benzene rings is 1. The van der Waals surface area contributed by atoms with Crippen LogP contribution >= 0.6 is 27.5 Å². The zero-order valence-corrected chi connectivity index (χ0v) is 13.0. The number of hydrogen-bond donors (Lipinski definition) is 1. The molecule has 0 aliphatic rings. The maximum absolute atomic E-state index is 10.9. The van der Waals surface area contributed by atoms with Crippen LogP contribution in [0.3, 0.4) is 0 Å². The highest BCUT2D eigenvalue weighted by Gasteiger charge is 2.13. The fourth-order valence-corrected chi connectivity index (χ4v) is 2.51. The van der Waals surface area contributed by atoms with E-state index in [2.05, 4.69) is 20.9 Å². The van der Waals surface area contributed by atoms with E-state index in [9.17, 15) is 4.79 Å². The highest BCUT2D eigenvalue weighted by molar-refractivity contribution is 9.10. The Hall–Kier alpha value is -1.59. The minimum absolute atomic E-state index is 0.0769. The van der Waals surface area contributed by atoms with Gasteiger partial charge in [0.25, 0.3) is 0 Å². The van der Waals surface area contributed by atoms with Gasteiger partial charge < -0.3 is 10.0 Å². The minimum Gasteiger partial charge on any atom is -0.478 e. The number of carbonyl (C=O) groups is 1. The predicted molar refractivity (Wildman–Crippen MR) is 82.5 cm³/mol. The van der Waals surface area contributed by atoms with Gasteiger partial charge in [-0.25, -0.2) is 9.78 Å². The van der Waals surface area contributed by atoms with Crippen molar-refractivity contribution in [3.8, 4) is 0 Å². The fourth-order valence-electron chi connectivity index (χ4n) is 1.79. The van der Waals surface area contributed by atoms with Gasteiger partial charge in [0, 0.05) is 24.3 Å². The van der Waals surface area contributed by atoms with E-state index in [4.69, 9.17) is 16.7 Å². The number of rotatable bonds is 4. The molecule has 20 heavy (non-hydrogen) atoms. The lowest BCUT2D eigenvalue weighted by Gasteiger charge is -2.20. The normalized spacial score (nSPS) is 10.3. The molecule has 1 aromatic carbocycles. The Kier molecular flexibility index (Phi) is 4.62. The van der Waals surface area contributed by atoms with E-state index in [0.717, 1.165) is 10.0 Å². The van der Waals surface area contributed by atoms with E-state index in [1.54, 1.807) is 0 Å². The molecule has 0 unspecified atom stereocenters. The van der Waals surface area contributed by atoms with Crippen LogP contribution in [0.1, 0.15) is 15.9 Å². The standard InChI is InChI=1S/C14H12BrClN2O2/c1-18(8-9-4-2-3-5-11(9)15)13-12(16)6-10(7-17-13)14(19)20/h2-7H,8H2,1H3,(H,19,20). The Morgan fingerprint density at radius 2 is 2.15 bits per heavy atom. The number of halogens is 2. The second-order valence-electron chi connectivity index (χ2n) is 4.28. The van der Waals surface area contributed by atoms with Crippen LogP contribution in [-0.2, 0) is 6.54 Å². The third kappa shape index (κ3) is 3.29. The zero-order valence-electron chi connectivity index (χ0n) is 10.7. The first-order valence-electron chi connectivity index (χ1n) is 5.82. The molecule has 0 atom stereocenters. The molecule has 2 aromatic rings. The highest BCUT2D eigenvalue weighted by Crippen LogP contribution is 2.26. The average Bonchev–Trinajstić information content (AvgIpc) is 2.41. The van der Waals surface area contributed by atoms with Gasteiger partial charge in [0.1, 0.15) is 5.82 Å². The molecule has 0 spiro atoms. The number of carboxylic acids is 1. The van der Waals surface area contributed by atoms with Gasteiger partial charge in [0.2, 0.25) is 0 Å². The van der Waals surface area contributed by atoms with Crippen LogP contribution in [0.4, 0.5) is 5.82 Å². The molecular weight excluding hydrogens is 344 g/mol. The molecule has 0 amide bonds. The molecule has 0 saturated carbocycles. The second-order valence-corrected chi connectivity index (χ2v) is 5.54. The molecule has 0 aliphatic heterocycles. The lowest BCUT2D eigenvalue weighted by molar-refractivity contribution is 0.0696. The maximum Gasteiger partial charge on any atom is 0.337 e. The van der Waals surface area contributed by atoms with Crippen LogP contribution in [0.5, 0.6) is 0 Å². The highest BCUT2D eigenvalue weighted by atomic mass is 79.9. The summed E-state index contributed by atoms with van der Waals surface area (Å²) in [6, 6.07) is 9.27. The van der Waals surface area contributed by atoms with Crippen molar-refractivity contribution in [1.82, 2.24) is 4.98 Å². The predicted octanol–water partition coefficient (Wildman–Crippen LogP) is 3.83. The van der Waals surface area contributed by atoms with E-state index in [1.165, 1.54) is 12.3 Å². The number of aromatic carboxylic acids is 1. The van der Waals surface area contributed by atoms with Gasteiger partial charge in [-0.2, -0.15) is 0 Å². The van der Waals surface area contributed by atoms with Crippen molar-refractivity contribution < 1.29 is 9.90 Å². The Balaban J connectivity index is 2.23. The van der Waals surface area contributed by atoms with Gasteiger partial charge in [-0.3, -0.25) is 0 Å². The van der Waals surface area contributed by atoms with Gasteiger partial charge in [0.15, 0.2) is 0 Å². The molecule has 104 valence electrons. The number of carboxylic acid groups (broad SMARTS) is 1. The fraction of sp³-hybridized carbons (Fsp3) is 0.143. The van der Waals surface area contributed by atoms with Crippen molar-refractivity contribution in [2.24, 2.45) is 0 Å². The lowest BCUT2D eigenvalue weighted by atomic mass is 10.2. The Labute approximate surface area is 130 Å². The molecule has 1 aromatic heterocycles. The van der Waals surface area contributed by atoms with Crippen LogP contribution in [-0.4, -0.2) is 23.1 Å². The molecule has 0 saturated heterocycles. The summed E-state index contributed by atoms with van der Waals surface area (Å²) in [6.45, 7) is 0.612. The van der Waals surface area contributed by atoms with Crippen LogP contribution in [0.15, 0.2) is 41.0 Å². The van der Waals surface area contributed by atoms with Gasteiger partial charge in [-0.1, -0.05) is 45.7 Å². The summed E-state index contributed by atoms with van der Waals surface area (Å²) >= 11 is 9.58. The third-order valence-electron chi connectivity index (χ3n) is 2.80. The van der Waals surface area contributed by atoms with Gasteiger partial charge in [-0.05, 0) is 17.7 Å². The number of aromatic nitrogens is 1. The SMILES string of the molecule is CN(Cc1ccccc1Br)c1ncc(C(=O)O)cc1Cl. The first-order valence-corrected chi connectivity index (χ1v) is 6.99. The Morgan fingerprint density at radius 3 is 2.75 bits per heavy atom. The molecule has 2 rings (SSSR count). The van der Waals surface area contributed by atoms with Crippen molar-refractivity contribution in [2.45, 2.75) is 6.54 Å². The van der Waals surface area contributed by atoms with Crippen LogP contribution in [0.2, 0.25) is 5.02 Å². The first kappa shape index (κ1) is 14.8. The van der Waals surface area contributed by atoms with Crippen molar-refractivity contribution >= 4 is 39.3 Å². The van der Waals surface area contributed by atoms with Crippen molar-refractivity contribution in [1.29, 1.82) is 0 Å². The molecule has 0 aliphatic carbocycles. The first-order chi connectivity index (χ1) is 9.49. The molecule has 4 nitrogen and oxygen atoms in total. The van der Waals surface area contributed by atoms with Gasteiger partial charge in [-0.15, -0.1) is 0 Å². The average molecular weight is 356 g/mol. The summed E-state index contributed by atoms with van der Waals surface area (Å²) < 4.78 is 1.00. The number of nitrogens with zero attached hydrogens (tertiary/aromatic N) is 2. The molecule has 0 radical (unpaired) electrons. The van der Waals surface area contributed by atoms with Crippen molar-refractivity contribution in [3.63, 3.8) is 0 Å². The summed E-state index contributed by atoms with van der Waals surface area (Å²) in [5, 5.41) is 9.21. The topological polar surface area (TPSA) is 53.4 Å². The monoisotopic (exact) mass is 354 g/mol. The van der Waals surface area contributed by atoms with E-state index in [1.807, 2.05) is 36.2 Å². The van der Waals surface area contributed by atoms with E-state index in [-0.39, 0.29) is 5.56 Å². The van der Waals surface area contributed by atoms with Crippen molar-refractivity contribution in [2.75, 3.05) is 11.9 Å². The van der Waals surface area contributed by atoms with Crippen LogP contribution in [0, 0.1) is 0 Å². The molecular formula is C14H12BrClN2O2. The van der Waals surface area contributed by atoms with Gasteiger partial charge >= 0.3 is 5.97 Å². The molecule has 0 fully saturated rings. The third-order valence-corrected chi connectivity index (χ3v) is 3.85. The second kappa shape index (κ2) is 6.24. The van der Waals surface area contributed by atoms with Gasteiger partial charge in [0.05, 0.1) is 10.6 Å². The van der Waals surface area contributed by atoms with E-state index < -0.39 is 5.97 Å². The summed E-state index contributed by atoms with van der Waals surface area (Å²) in [4.78, 5) is 16.8. The maximum atomic E-state index is 10.9. The Morgan fingerprint density at radius 1 is 1.45 bits per heavy atom. The number of anilines is 1. The van der Waals surface area contributed by atoms with Crippen LogP contribution < -0.4 is 4.90 Å². The van der Waals surface area contributed by atoms with E-state index in [0.29, 0.717) is 17.4 Å². The number of pyridine rings is 1. The molecule has 6 heteroatoms. The Bertz CT molecular complexity index is 649. The lowest BCUT2D eigenvalue weighted by Crippen LogP contribution is -2.18. The molecule has 1 N–H and O–H groups in total. The van der Waals surface area contributed by atoms with Crippen LogP contribution in [0.25, 0.3) is 0 Å². The smallest absolute Gasteiger partial charge is 0.337 e. The summed E-state index contributed by atoms with van der Waals surface area (Å²) in [5.74, 6) is -0.494. The quantitative estimate of drug-likeness (QED) is 0.905. The van der Waals surface area contributed by atoms with E-state index >= 15 is 0 Å². The number of hydrogen-bond acceptors (Lipinski definition) is 3. The zero-order chi connectivity index (χ0) is 14.7. The largest absolute Gasteiger partial charge is 0.478 e. The summed E-state index contributed by atoms with van der Waals surface area (Å²) in [5.41, 5.74) is 1.17. The summed E-state index contributed by atoms with van der Waals surface area (Å²) in [7, 11) is 1.86. The molecule has 0 bridgehead atoms. The molecule has 1 heterocycles. The summed E-state index contributed by atoms with van der Waals surface area (Å²) in [6.07, 6.45) is 1.31.